The summed E-state index contributed by atoms with van der Waals surface area (Å²) >= 11 is 8.71. The second-order valence-corrected chi connectivity index (χ2v) is 4.43. The van der Waals surface area contributed by atoms with Gasteiger partial charge in [-0.25, -0.2) is 4.39 Å². The Hall–Kier alpha value is -0.320. The van der Waals surface area contributed by atoms with Gasteiger partial charge >= 0.3 is 0 Å². The number of alkyl halides is 1. The highest BCUT2D eigenvalue weighted by molar-refractivity contribution is 9.10. The van der Waals surface area contributed by atoms with E-state index < -0.39 is 6.10 Å². The zero-order valence-corrected chi connectivity index (χ0v) is 10.6. The molecule has 0 aliphatic heterocycles. The highest BCUT2D eigenvalue weighted by Gasteiger charge is 2.08. The summed E-state index contributed by atoms with van der Waals surface area (Å²) in [7, 11) is 0. The van der Waals surface area contributed by atoms with Crippen molar-refractivity contribution in [2.75, 3.05) is 17.7 Å². The molecule has 15 heavy (non-hydrogen) atoms. The predicted molar refractivity (Wildman–Crippen MR) is 64.1 cm³/mol. The maximum absolute atomic E-state index is 12.9. The molecule has 0 heterocycles. The summed E-state index contributed by atoms with van der Waals surface area (Å²) in [4.78, 5) is 0. The van der Waals surface area contributed by atoms with E-state index in [-0.39, 0.29) is 11.7 Å². The van der Waals surface area contributed by atoms with Crippen molar-refractivity contribution in [3.63, 3.8) is 0 Å². The fraction of sp³-hybridized carbons (Fsp3) is 0.400. The number of aliphatic hydroxyl groups excluding tert-OH is 1. The van der Waals surface area contributed by atoms with Crippen LogP contribution in [0.3, 0.4) is 0 Å². The molecule has 2 N–H and O–H groups in total. The van der Waals surface area contributed by atoms with Gasteiger partial charge in [-0.1, -0.05) is 0 Å². The van der Waals surface area contributed by atoms with Crippen molar-refractivity contribution in [3.8, 4) is 0 Å². The maximum Gasteiger partial charge on any atom is 0.124 e. The molecule has 1 rings (SSSR count). The lowest BCUT2D eigenvalue weighted by Crippen LogP contribution is -2.21. The molecule has 0 amide bonds. The summed E-state index contributed by atoms with van der Waals surface area (Å²) in [5.74, 6) is -0.118. The molecule has 0 aromatic heterocycles. The van der Waals surface area contributed by atoms with Gasteiger partial charge in [0.25, 0.3) is 0 Å². The lowest BCUT2D eigenvalue weighted by atomic mass is 10.2. The van der Waals surface area contributed by atoms with Crippen molar-refractivity contribution >= 4 is 33.2 Å². The SMILES string of the molecule is Cc1cc(F)cc(Br)c1NCC(O)CCl. The monoisotopic (exact) mass is 295 g/mol. The molecule has 0 saturated heterocycles. The molecule has 1 unspecified atom stereocenters. The molecule has 0 aliphatic rings. The molecule has 0 spiro atoms. The molecule has 1 atom stereocenters. The van der Waals surface area contributed by atoms with Gasteiger partial charge in [0.1, 0.15) is 5.82 Å². The third kappa shape index (κ3) is 3.63. The van der Waals surface area contributed by atoms with Gasteiger partial charge < -0.3 is 10.4 Å². The Kier molecular flexibility index (Phi) is 4.83. The van der Waals surface area contributed by atoms with Crippen LogP contribution < -0.4 is 5.32 Å². The van der Waals surface area contributed by atoms with Crippen LogP contribution in [-0.2, 0) is 0 Å². The van der Waals surface area contributed by atoms with Gasteiger partial charge in [-0.2, -0.15) is 0 Å². The Morgan fingerprint density at radius 3 is 2.80 bits per heavy atom. The Balaban J connectivity index is 2.77. The average molecular weight is 297 g/mol. The number of anilines is 1. The highest BCUT2D eigenvalue weighted by Crippen LogP contribution is 2.27. The topological polar surface area (TPSA) is 32.3 Å². The molecular weight excluding hydrogens is 284 g/mol. The van der Waals surface area contributed by atoms with Gasteiger partial charge in [0, 0.05) is 11.0 Å². The Bertz CT molecular complexity index is 325. The van der Waals surface area contributed by atoms with Crippen LogP contribution in [0.4, 0.5) is 10.1 Å². The second kappa shape index (κ2) is 5.68. The molecule has 0 fully saturated rings. The van der Waals surface area contributed by atoms with Gasteiger partial charge in [-0.05, 0) is 40.5 Å². The minimum absolute atomic E-state index is 0.171. The van der Waals surface area contributed by atoms with Crippen LogP contribution in [-0.4, -0.2) is 23.6 Å². The molecule has 1 aromatic rings. The van der Waals surface area contributed by atoms with Gasteiger partial charge in [0.05, 0.1) is 17.7 Å². The second-order valence-electron chi connectivity index (χ2n) is 3.27. The predicted octanol–water partition coefficient (Wildman–Crippen LogP) is 2.91. The molecule has 0 bridgehead atoms. The molecule has 84 valence electrons. The summed E-state index contributed by atoms with van der Waals surface area (Å²) in [5.41, 5.74) is 1.56. The van der Waals surface area contributed by atoms with E-state index >= 15 is 0 Å². The van der Waals surface area contributed by atoms with E-state index in [0.29, 0.717) is 11.0 Å². The largest absolute Gasteiger partial charge is 0.390 e. The van der Waals surface area contributed by atoms with E-state index in [1.807, 2.05) is 0 Å². The number of halogens is 3. The molecule has 5 heteroatoms. The Labute approximate surface area is 102 Å². The van der Waals surface area contributed by atoms with E-state index in [2.05, 4.69) is 21.2 Å². The van der Waals surface area contributed by atoms with Crippen LogP contribution in [0.25, 0.3) is 0 Å². The summed E-state index contributed by atoms with van der Waals surface area (Å²) in [6.45, 7) is 2.14. The van der Waals surface area contributed by atoms with Crippen molar-refractivity contribution in [3.05, 3.63) is 28.0 Å². The number of rotatable bonds is 4. The number of hydrogen-bond donors (Lipinski definition) is 2. The summed E-state index contributed by atoms with van der Waals surface area (Å²) in [5, 5.41) is 12.3. The average Bonchev–Trinajstić information content (AvgIpc) is 2.15. The standard InChI is InChI=1S/C10H12BrClFNO/c1-6-2-7(13)3-9(11)10(6)14-5-8(15)4-12/h2-3,8,14-15H,4-5H2,1H3. The van der Waals surface area contributed by atoms with E-state index in [1.54, 1.807) is 6.92 Å². The number of aryl methyl sites for hydroxylation is 1. The third-order valence-electron chi connectivity index (χ3n) is 1.94. The lowest BCUT2D eigenvalue weighted by Gasteiger charge is -2.14. The molecular formula is C10H12BrClFNO. The van der Waals surface area contributed by atoms with Crippen LogP contribution in [0, 0.1) is 12.7 Å². The first kappa shape index (κ1) is 12.7. The first-order valence-corrected chi connectivity index (χ1v) is 5.81. The van der Waals surface area contributed by atoms with Crippen molar-refractivity contribution in [1.82, 2.24) is 0 Å². The van der Waals surface area contributed by atoms with E-state index in [9.17, 15) is 9.50 Å². The minimum Gasteiger partial charge on any atom is -0.390 e. The van der Waals surface area contributed by atoms with Gasteiger partial charge in [0.15, 0.2) is 0 Å². The molecule has 0 radical (unpaired) electrons. The maximum atomic E-state index is 12.9. The molecule has 0 saturated carbocycles. The third-order valence-corrected chi connectivity index (χ3v) is 2.93. The van der Waals surface area contributed by atoms with Gasteiger partial charge in [-0.3, -0.25) is 0 Å². The summed E-state index contributed by atoms with van der Waals surface area (Å²) in [6, 6.07) is 2.81. The molecule has 0 aliphatic carbocycles. The van der Waals surface area contributed by atoms with Crippen molar-refractivity contribution in [2.45, 2.75) is 13.0 Å². The van der Waals surface area contributed by atoms with Gasteiger partial charge in [0.2, 0.25) is 0 Å². The van der Waals surface area contributed by atoms with E-state index in [0.717, 1.165) is 11.3 Å². The fourth-order valence-corrected chi connectivity index (χ4v) is 1.98. The summed E-state index contributed by atoms with van der Waals surface area (Å²) in [6.07, 6.45) is -0.608. The van der Waals surface area contributed by atoms with Crippen LogP contribution in [0.2, 0.25) is 0 Å². The van der Waals surface area contributed by atoms with Crippen LogP contribution >= 0.6 is 27.5 Å². The van der Waals surface area contributed by atoms with Crippen molar-refractivity contribution in [2.24, 2.45) is 0 Å². The van der Waals surface area contributed by atoms with Crippen LogP contribution in [0.5, 0.6) is 0 Å². The zero-order valence-electron chi connectivity index (χ0n) is 8.23. The van der Waals surface area contributed by atoms with Crippen LogP contribution in [0.1, 0.15) is 5.56 Å². The quantitative estimate of drug-likeness (QED) is 0.837. The highest BCUT2D eigenvalue weighted by atomic mass is 79.9. The van der Waals surface area contributed by atoms with E-state index in [4.69, 9.17) is 11.6 Å². The van der Waals surface area contributed by atoms with Crippen LogP contribution in [0.15, 0.2) is 16.6 Å². The normalized spacial score (nSPS) is 12.6. The lowest BCUT2D eigenvalue weighted by molar-refractivity contribution is 0.211. The fourth-order valence-electron chi connectivity index (χ4n) is 1.20. The molecule has 2 nitrogen and oxygen atoms in total. The summed E-state index contributed by atoms with van der Waals surface area (Å²) < 4.78 is 13.6. The first-order chi connectivity index (χ1) is 7.04. The first-order valence-electron chi connectivity index (χ1n) is 4.48. The number of benzene rings is 1. The van der Waals surface area contributed by atoms with E-state index in [1.165, 1.54) is 12.1 Å². The Morgan fingerprint density at radius 2 is 2.27 bits per heavy atom. The number of nitrogens with one attached hydrogen (secondary N) is 1. The molecule has 1 aromatic carbocycles. The zero-order chi connectivity index (χ0) is 11.4. The Morgan fingerprint density at radius 1 is 1.60 bits per heavy atom. The van der Waals surface area contributed by atoms with Gasteiger partial charge in [-0.15, -0.1) is 11.6 Å². The minimum atomic E-state index is -0.608. The van der Waals surface area contributed by atoms with Crippen molar-refractivity contribution < 1.29 is 9.50 Å². The number of aliphatic hydroxyl groups is 1. The smallest absolute Gasteiger partial charge is 0.124 e. The van der Waals surface area contributed by atoms with Crippen molar-refractivity contribution in [1.29, 1.82) is 0 Å². The number of hydrogen-bond acceptors (Lipinski definition) is 2.